The van der Waals surface area contributed by atoms with Crippen molar-refractivity contribution in [2.45, 2.75) is 27.2 Å². The minimum Gasteiger partial charge on any atom is -0.493 e. The summed E-state index contributed by atoms with van der Waals surface area (Å²) in [6, 6.07) is 5.76. The molecule has 0 bridgehead atoms. The number of ether oxygens (including phenoxy) is 1. The van der Waals surface area contributed by atoms with Gasteiger partial charge in [-0.3, -0.25) is 4.79 Å². The summed E-state index contributed by atoms with van der Waals surface area (Å²) in [4.78, 5) is 10.9. The lowest BCUT2D eigenvalue weighted by atomic mass is 9.90. The van der Waals surface area contributed by atoms with Crippen molar-refractivity contribution < 1.29 is 14.6 Å². The van der Waals surface area contributed by atoms with Crippen LogP contribution in [0.1, 0.15) is 25.8 Å². The third-order valence-electron chi connectivity index (χ3n) is 2.70. The summed E-state index contributed by atoms with van der Waals surface area (Å²) >= 11 is 3.38. The largest absolute Gasteiger partial charge is 0.493 e. The van der Waals surface area contributed by atoms with Gasteiger partial charge in [0.15, 0.2) is 0 Å². The number of aryl methyl sites for hydroxylation is 1. The first-order chi connectivity index (χ1) is 7.83. The van der Waals surface area contributed by atoms with Crippen LogP contribution < -0.4 is 4.74 Å². The standard InChI is InChI=1S/C13H17BrO3/c1-9-8-10(14)4-5-11(9)17-7-6-13(2,3)12(15)16/h4-5,8H,6-7H2,1-3H3,(H,15,16). The molecule has 0 fully saturated rings. The van der Waals surface area contributed by atoms with Gasteiger partial charge in [-0.1, -0.05) is 15.9 Å². The van der Waals surface area contributed by atoms with Gasteiger partial charge in [-0.15, -0.1) is 0 Å². The van der Waals surface area contributed by atoms with E-state index in [1.54, 1.807) is 13.8 Å². The Morgan fingerprint density at radius 1 is 1.47 bits per heavy atom. The van der Waals surface area contributed by atoms with Crippen LogP contribution in [0.15, 0.2) is 22.7 Å². The summed E-state index contributed by atoms with van der Waals surface area (Å²) in [6.07, 6.45) is 0.484. The molecule has 4 heteroatoms. The van der Waals surface area contributed by atoms with E-state index >= 15 is 0 Å². The van der Waals surface area contributed by atoms with Gasteiger partial charge in [0.1, 0.15) is 5.75 Å². The Labute approximate surface area is 110 Å². The third kappa shape index (κ3) is 4.04. The van der Waals surface area contributed by atoms with Gasteiger partial charge in [-0.25, -0.2) is 0 Å². The third-order valence-corrected chi connectivity index (χ3v) is 3.19. The summed E-state index contributed by atoms with van der Waals surface area (Å²) in [5.74, 6) is 0.00279. The molecule has 0 unspecified atom stereocenters. The highest BCUT2D eigenvalue weighted by molar-refractivity contribution is 9.10. The molecule has 0 saturated heterocycles. The molecule has 0 radical (unpaired) electrons. The van der Waals surface area contributed by atoms with E-state index in [0.29, 0.717) is 13.0 Å². The van der Waals surface area contributed by atoms with Crippen molar-refractivity contribution in [2.75, 3.05) is 6.61 Å². The van der Waals surface area contributed by atoms with Crippen LogP contribution in [0.2, 0.25) is 0 Å². The van der Waals surface area contributed by atoms with E-state index in [-0.39, 0.29) is 0 Å². The molecule has 1 rings (SSSR count). The molecule has 0 spiro atoms. The van der Waals surface area contributed by atoms with Crippen LogP contribution in [0.5, 0.6) is 5.75 Å². The monoisotopic (exact) mass is 300 g/mol. The Kier molecular flexibility index (Phi) is 4.57. The van der Waals surface area contributed by atoms with Gasteiger partial charge >= 0.3 is 5.97 Å². The molecule has 0 saturated carbocycles. The van der Waals surface area contributed by atoms with Crippen LogP contribution in [-0.4, -0.2) is 17.7 Å². The maximum absolute atomic E-state index is 10.9. The number of hydrogen-bond donors (Lipinski definition) is 1. The zero-order valence-electron chi connectivity index (χ0n) is 10.3. The second-order valence-corrected chi connectivity index (χ2v) is 5.61. The Morgan fingerprint density at radius 2 is 2.12 bits per heavy atom. The molecule has 0 amide bonds. The molecule has 0 aliphatic carbocycles. The molecule has 3 nitrogen and oxygen atoms in total. The van der Waals surface area contributed by atoms with Gasteiger partial charge in [0.25, 0.3) is 0 Å². The molecule has 0 aromatic heterocycles. The quantitative estimate of drug-likeness (QED) is 0.903. The van der Waals surface area contributed by atoms with E-state index in [0.717, 1.165) is 15.8 Å². The molecule has 17 heavy (non-hydrogen) atoms. The van der Waals surface area contributed by atoms with E-state index in [4.69, 9.17) is 9.84 Å². The maximum Gasteiger partial charge on any atom is 0.309 e. The minimum absolute atomic E-state index is 0.405. The van der Waals surface area contributed by atoms with Crippen molar-refractivity contribution >= 4 is 21.9 Å². The minimum atomic E-state index is -0.798. The van der Waals surface area contributed by atoms with Crippen molar-refractivity contribution in [1.29, 1.82) is 0 Å². The Hall–Kier alpha value is -1.03. The van der Waals surface area contributed by atoms with Crippen LogP contribution in [0.3, 0.4) is 0 Å². The van der Waals surface area contributed by atoms with E-state index < -0.39 is 11.4 Å². The first kappa shape index (κ1) is 14.0. The molecular formula is C13H17BrO3. The fourth-order valence-electron chi connectivity index (χ4n) is 1.30. The lowest BCUT2D eigenvalue weighted by molar-refractivity contribution is -0.147. The van der Waals surface area contributed by atoms with Gasteiger partial charge in [0.2, 0.25) is 0 Å². The van der Waals surface area contributed by atoms with Gasteiger partial charge < -0.3 is 9.84 Å². The van der Waals surface area contributed by atoms with Crippen LogP contribution >= 0.6 is 15.9 Å². The van der Waals surface area contributed by atoms with Crippen LogP contribution in [0.25, 0.3) is 0 Å². The Morgan fingerprint density at radius 3 is 2.65 bits per heavy atom. The van der Waals surface area contributed by atoms with E-state index in [1.807, 2.05) is 25.1 Å². The number of carboxylic acid groups (broad SMARTS) is 1. The number of carboxylic acids is 1. The zero-order valence-corrected chi connectivity index (χ0v) is 11.9. The highest BCUT2D eigenvalue weighted by atomic mass is 79.9. The lowest BCUT2D eigenvalue weighted by Crippen LogP contribution is -2.25. The number of hydrogen-bond acceptors (Lipinski definition) is 2. The number of rotatable bonds is 5. The molecule has 94 valence electrons. The Balaban J connectivity index is 2.54. The molecule has 1 aromatic carbocycles. The fourth-order valence-corrected chi connectivity index (χ4v) is 1.77. The molecule has 1 aromatic rings. The summed E-state index contributed by atoms with van der Waals surface area (Å²) in [7, 11) is 0. The highest BCUT2D eigenvalue weighted by Gasteiger charge is 2.26. The van der Waals surface area contributed by atoms with Gasteiger partial charge in [0.05, 0.1) is 12.0 Å². The van der Waals surface area contributed by atoms with E-state index in [2.05, 4.69) is 15.9 Å². The molecule has 0 aliphatic rings. The van der Waals surface area contributed by atoms with Crippen molar-refractivity contribution in [3.8, 4) is 5.75 Å². The molecule has 1 N–H and O–H groups in total. The predicted molar refractivity (Wildman–Crippen MR) is 70.4 cm³/mol. The van der Waals surface area contributed by atoms with Crippen LogP contribution in [0.4, 0.5) is 0 Å². The summed E-state index contributed by atoms with van der Waals surface area (Å²) in [5.41, 5.74) is 0.288. The number of halogens is 1. The van der Waals surface area contributed by atoms with Crippen LogP contribution in [0, 0.1) is 12.3 Å². The summed E-state index contributed by atoms with van der Waals surface area (Å²) < 4.78 is 6.60. The van der Waals surface area contributed by atoms with Crippen molar-refractivity contribution in [1.82, 2.24) is 0 Å². The molecule has 0 aliphatic heterocycles. The summed E-state index contributed by atoms with van der Waals surface area (Å²) in [6.45, 7) is 5.77. The van der Waals surface area contributed by atoms with Gasteiger partial charge in [-0.2, -0.15) is 0 Å². The van der Waals surface area contributed by atoms with Crippen molar-refractivity contribution in [2.24, 2.45) is 5.41 Å². The SMILES string of the molecule is Cc1cc(Br)ccc1OCCC(C)(C)C(=O)O. The van der Waals surface area contributed by atoms with Crippen LogP contribution in [-0.2, 0) is 4.79 Å². The van der Waals surface area contributed by atoms with Crippen molar-refractivity contribution in [3.05, 3.63) is 28.2 Å². The first-order valence-corrected chi connectivity index (χ1v) is 6.24. The van der Waals surface area contributed by atoms with E-state index in [1.165, 1.54) is 0 Å². The van der Waals surface area contributed by atoms with Gasteiger partial charge in [-0.05, 0) is 51.0 Å². The number of carbonyl (C=O) groups is 1. The topological polar surface area (TPSA) is 46.5 Å². The maximum atomic E-state index is 10.9. The number of benzene rings is 1. The first-order valence-electron chi connectivity index (χ1n) is 5.45. The fraction of sp³-hybridized carbons (Fsp3) is 0.462. The molecule has 0 atom stereocenters. The Bertz CT molecular complexity index is 413. The highest BCUT2D eigenvalue weighted by Crippen LogP contribution is 2.24. The normalized spacial score (nSPS) is 11.3. The second-order valence-electron chi connectivity index (χ2n) is 4.70. The lowest BCUT2D eigenvalue weighted by Gasteiger charge is -2.19. The predicted octanol–water partition coefficient (Wildman–Crippen LogP) is 3.64. The number of aliphatic carboxylic acids is 1. The summed E-state index contributed by atoms with van der Waals surface area (Å²) in [5, 5.41) is 8.97. The van der Waals surface area contributed by atoms with Gasteiger partial charge in [0, 0.05) is 4.47 Å². The average molecular weight is 301 g/mol. The average Bonchev–Trinajstić information content (AvgIpc) is 2.21. The van der Waals surface area contributed by atoms with E-state index in [9.17, 15) is 4.79 Å². The smallest absolute Gasteiger partial charge is 0.309 e. The zero-order chi connectivity index (χ0) is 13.1. The van der Waals surface area contributed by atoms with Crippen molar-refractivity contribution in [3.63, 3.8) is 0 Å². The second kappa shape index (κ2) is 5.54. The molecule has 0 heterocycles. The molecular weight excluding hydrogens is 284 g/mol.